The van der Waals surface area contributed by atoms with Gasteiger partial charge in [-0.05, 0) is 53.4 Å². The molecule has 0 bridgehead atoms. The van der Waals surface area contributed by atoms with Gasteiger partial charge in [0.1, 0.15) is 42.3 Å². The number of Topliss-reactive ketones (excluding diaryl/α,β-unsaturated/α-hetero) is 2. The minimum Gasteiger partial charge on any atom is -0.506 e. The normalized spacial score (nSPS) is 24.9. The Morgan fingerprint density at radius 2 is 1.59 bits per heavy atom. The molecule has 5 aromatic rings. The Morgan fingerprint density at radius 1 is 0.926 bits per heavy atom. The first-order chi connectivity index (χ1) is 25.9. The first-order valence-electron chi connectivity index (χ1n) is 18.4. The number of carbonyl (C=O) groups is 2. The number of carbonyl (C=O) groups excluding carboxylic acids is 2. The average molecular weight is 728 g/mol. The van der Waals surface area contributed by atoms with Crippen LogP contribution in [0.1, 0.15) is 94.0 Å². The predicted molar refractivity (Wildman–Crippen MR) is 198 cm³/mol. The summed E-state index contributed by atoms with van der Waals surface area (Å²) in [6, 6.07) is 20.6. The van der Waals surface area contributed by atoms with Crippen LogP contribution in [-0.4, -0.2) is 44.8 Å². The summed E-state index contributed by atoms with van der Waals surface area (Å²) in [7, 11) is 1.60. The smallest absolute Gasteiger partial charge is 0.260 e. The number of ether oxygens (including phenoxy) is 3. The molecule has 0 fully saturated rings. The van der Waals surface area contributed by atoms with Crippen molar-refractivity contribution in [3.8, 4) is 23.1 Å². The Balaban J connectivity index is 1.25. The first kappa shape index (κ1) is 34.3. The summed E-state index contributed by atoms with van der Waals surface area (Å²) in [6.07, 6.45) is 2.16. The zero-order chi connectivity index (χ0) is 37.7. The minimum absolute atomic E-state index is 0.00155. The molecule has 9 rings (SSSR count). The maximum absolute atomic E-state index is 15.0. The number of allylic oxidation sites excluding steroid dienone is 2. The fourth-order valence-corrected chi connectivity index (χ4v) is 9.90. The van der Waals surface area contributed by atoms with E-state index in [2.05, 4.69) is 32.0 Å². The van der Waals surface area contributed by atoms with E-state index in [1.54, 1.807) is 13.2 Å². The number of phenols is 1. The van der Waals surface area contributed by atoms with Crippen LogP contribution in [-0.2, 0) is 31.5 Å². The second-order valence-electron chi connectivity index (χ2n) is 15.7. The van der Waals surface area contributed by atoms with E-state index in [9.17, 15) is 20.1 Å². The fourth-order valence-electron chi connectivity index (χ4n) is 9.90. The Kier molecular flexibility index (Phi) is 7.65. The average Bonchev–Trinajstić information content (AvgIpc) is 3.75. The number of nitrogens with zero attached hydrogens (tertiary/aromatic N) is 1. The molecule has 4 aliphatic carbocycles. The lowest BCUT2D eigenvalue weighted by atomic mass is 9.54. The third-order valence-electron chi connectivity index (χ3n) is 12.7. The van der Waals surface area contributed by atoms with Crippen molar-refractivity contribution >= 4 is 22.3 Å². The Bertz CT molecular complexity index is 2410. The molecule has 0 unspecified atom stereocenters. The van der Waals surface area contributed by atoms with Crippen LogP contribution in [0.2, 0.25) is 0 Å². The highest BCUT2D eigenvalue weighted by Gasteiger charge is 2.64. The van der Waals surface area contributed by atoms with Crippen molar-refractivity contribution in [2.24, 2.45) is 11.3 Å². The van der Waals surface area contributed by atoms with Crippen molar-refractivity contribution in [1.29, 1.82) is 0 Å². The number of methoxy groups -OCH3 is 1. The van der Waals surface area contributed by atoms with Crippen LogP contribution in [0, 0.1) is 11.3 Å². The van der Waals surface area contributed by atoms with E-state index in [0.29, 0.717) is 23.1 Å². The van der Waals surface area contributed by atoms with Crippen molar-refractivity contribution in [3.05, 3.63) is 123 Å². The summed E-state index contributed by atoms with van der Waals surface area (Å²) < 4.78 is 24.1. The van der Waals surface area contributed by atoms with E-state index in [1.807, 2.05) is 60.7 Å². The molecule has 54 heavy (non-hydrogen) atoms. The van der Waals surface area contributed by atoms with Gasteiger partial charge in [0.25, 0.3) is 5.88 Å². The molecule has 1 heterocycles. The second-order valence-corrected chi connectivity index (χ2v) is 15.7. The van der Waals surface area contributed by atoms with Gasteiger partial charge in [-0.15, -0.1) is 0 Å². The molecule has 1 spiro atoms. The van der Waals surface area contributed by atoms with Crippen LogP contribution in [0.25, 0.3) is 10.8 Å². The zero-order valence-electron chi connectivity index (χ0n) is 30.6. The molecule has 4 atom stereocenters. The van der Waals surface area contributed by atoms with E-state index in [-0.39, 0.29) is 64.5 Å². The monoisotopic (exact) mass is 727 g/mol. The molecule has 1 aromatic heterocycles. The van der Waals surface area contributed by atoms with Gasteiger partial charge in [0.2, 0.25) is 5.78 Å². The molecule has 276 valence electrons. The van der Waals surface area contributed by atoms with E-state index in [1.165, 1.54) is 0 Å². The van der Waals surface area contributed by atoms with E-state index in [4.69, 9.17) is 18.7 Å². The van der Waals surface area contributed by atoms with Gasteiger partial charge in [-0.3, -0.25) is 9.59 Å². The molecule has 4 aromatic carbocycles. The number of fused-ring (bicyclic) bond motifs is 5. The van der Waals surface area contributed by atoms with Gasteiger partial charge in [0.05, 0.1) is 29.5 Å². The lowest BCUT2D eigenvalue weighted by molar-refractivity contribution is -0.0891. The number of benzene rings is 4. The molecule has 10 nitrogen and oxygen atoms in total. The van der Waals surface area contributed by atoms with Crippen LogP contribution in [0.5, 0.6) is 23.1 Å². The summed E-state index contributed by atoms with van der Waals surface area (Å²) in [5, 5.41) is 41.7. The maximum atomic E-state index is 15.0. The second kappa shape index (κ2) is 12.0. The Labute approximate surface area is 312 Å². The number of aliphatic hydroxyl groups is 2. The van der Waals surface area contributed by atoms with Gasteiger partial charge in [-0.2, -0.15) is 0 Å². The predicted octanol–water partition coefficient (Wildman–Crippen LogP) is 7.28. The molecule has 10 heteroatoms. The van der Waals surface area contributed by atoms with Crippen molar-refractivity contribution in [2.45, 2.75) is 76.8 Å². The van der Waals surface area contributed by atoms with Crippen LogP contribution in [0.3, 0.4) is 0 Å². The van der Waals surface area contributed by atoms with Crippen LogP contribution in [0.4, 0.5) is 0 Å². The van der Waals surface area contributed by atoms with E-state index in [0.717, 1.165) is 35.1 Å². The molecule has 0 saturated carbocycles. The number of phenolic OH excluding ortho intramolecular Hbond substituents is 1. The quantitative estimate of drug-likeness (QED) is 0.146. The standard InChI is InChI=1S/C44H41NO9/c1-23-12-11-17-42(2,3)43(23)20-26-31-33(28(19-30(51-4)36(31)43)52-21-24-13-7-5-8-14-24)38(47)35-32(26)37(46)27-18-29-34(39(48)44(27,50)40(35)49)41(45-54-29)53-22-25-15-9-6-10-16-25/h5-10,12-16,19,27,39,47-48,50H,11,17-18,20-22H2,1-4H3/t27-,39-,43+,44-/m1/s1. The number of aromatic hydroxyl groups is 1. The SMILES string of the molecule is COc1cc(OCc2ccccc2)c2c(O)c3c(c4c2c1[C@]1(C4)C(C)=CCCC1(C)C)C(=O)[C@H]1Cc2onc(OCc4ccccc4)c2[C@@H](O)[C@@]1(O)C3=O. The number of aliphatic hydroxyl groups excluding tert-OH is 1. The molecule has 0 aliphatic heterocycles. The van der Waals surface area contributed by atoms with Crippen LogP contribution >= 0.6 is 0 Å². The minimum atomic E-state index is -2.65. The number of rotatable bonds is 7. The topological polar surface area (TPSA) is 149 Å². The highest BCUT2D eigenvalue weighted by Crippen LogP contribution is 2.66. The number of hydrogen-bond donors (Lipinski definition) is 3. The van der Waals surface area contributed by atoms with Gasteiger partial charge in [0, 0.05) is 34.4 Å². The van der Waals surface area contributed by atoms with Gasteiger partial charge >= 0.3 is 0 Å². The highest BCUT2D eigenvalue weighted by molar-refractivity contribution is 6.26. The summed E-state index contributed by atoms with van der Waals surface area (Å²) in [4.78, 5) is 30.0. The Morgan fingerprint density at radius 3 is 2.24 bits per heavy atom. The fraction of sp³-hybridized carbons (Fsp3) is 0.341. The highest BCUT2D eigenvalue weighted by atomic mass is 16.5. The van der Waals surface area contributed by atoms with Gasteiger partial charge in [0.15, 0.2) is 11.4 Å². The molecule has 3 N–H and O–H groups in total. The molecular formula is C44H41NO9. The van der Waals surface area contributed by atoms with Crippen molar-refractivity contribution in [3.63, 3.8) is 0 Å². The lowest BCUT2D eigenvalue weighted by Gasteiger charge is -2.49. The lowest BCUT2D eigenvalue weighted by Crippen LogP contribution is -2.59. The van der Waals surface area contributed by atoms with Gasteiger partial charge in [-0.1, -0.05) is 86.2 Å². The molecule has 0 amide bonds. The van der Waals surface area contributed by atoms with Gasteiger partial charge < -0.3 is 34.1 Å². The summed E-state index contributed by atoms with van der Waals surface area (Å²) in [6.45, 7) is 6.75. The first-order valence-corrected chi connectivity index (χ1v) is 18.4. The van der Waals surface area contributed by atoms with Gasteiger partial charge in [-0.25, -0.2) is 0 Å². The third kappa shape index (κ3) is 4.50. The molecule has 4 aliphatic rings. The molecule has 0 radical (unpaired) electrons. The Hall–Kier alpha value is -5.45. The number of hydrogen-bond acceptors (Lipinski definition) is 10. The molecular weight excluding hydrogens is 686 g/mol. The van der Waals surface area contributed by atoms with Crippen molar-refractivity contribution < 1.29 is 43.6 Å². The van der Waals surface area contributed by atoms with Crippen LogP contribution < -0.4 is 14.2 Å². The van der Waals surface area contributed by atoms with Crippen LogP contribution in [0.15, 0.2) is 82.9 Å². The van der Waals surface area contributed by atoms with E-state index >= 15 is 4.79 Å². The van der Waals surface area contributed by atoms with Crippen molar-refractivity contribution in [1.82, 2.24) is 5.16 Å². The largest absolute Gasteiger partial charge is 0.506 e. The summed E-state index contributed by atoms with van der Waals surface area (Å²) >= 11 is 0. The van der Waals surface area contributed by atoms with E-state index < -0.39 is 40.4 Å². The zero-order valence-corrected chi connectivity index (χ0v) is 30.6. The number of ketones is 2. The summed E-state index contributed by atoms with van der Waals surface area (Å²) in [5.41, 5.74) is 0.327. The summed E-state index contributed by atoms with van der Waals surface area (Å²) in [5.74, 6) is -2.56. The number of aromatic nitrogens is 1. The molecule has 0 saturated heterocycles. The van der Waals surface area contributed by atoms with Crippen molar-refractivity contribution in [2.75, 3.05) is 7.11 Å². The third-order valence-corrected chi connectivity index (χ3v) is 12.7. The maximum Gasteiger partial charge on any atom is 0.260 e.